The number of phenolic OH excluding ortho intramolecular Hbond substituents is 1. The van der Waals surface area contributed by atoms with E-state index in [0.29, 0.717) is 17.8 Å². The maximum atomic E-state index is 11.2. The fourth-order valence-corrected chi connectivity index (χ4v) is 5.36. The smallest absolute Gasteiger partial charge is 0.295 e. The first kappa shape index (κ1) is 23.2. The van der Waals surface area contributed by atoms with Crippen LogP contribution >= 0.6 is 0 Å². The minimum absolute atomic E-state index is 0.107. The number of nitrogens with zero attached hydrogens (tertiary/aromatic N) is 3. The third-order valence-electron chi connectivity index (χ3n) is 7.08. The lowest BCUT2D eigenvalue weighted by Crippen LogP contribution is -2.57. The van der Waals surface area contributed by atoms with Gasteiger partial charge in [0.1, 0.15) is 5.75 Å². The number of aromatic hydroxyl groups is 1. The van der Waals surface area contributed by atoms with Crippen LogP contribution in [0.2, 0.25) is 0 Å². The fraction of sp³-hybridized carbons (Fsp3) is 0.423. The lowest BCUT2D eigenvalue weighted by atomic mass is 9.87. The van der Waals surface area contributed by atoms with Crippen LogP contribution in [0.5, 0.6) is 5.75 Å². The van der Waals surface area contributed by atoms with Crippen LogP contribution in [0.15, 0.2) is 59.1 Å². The summed E-state index contributed by atoms with van der Waals surface area (Å²) >= 11 is 0. The fourth-order valence-electron chi connectivity index (χ4n) is 5.36. The topological polar surface area (TPSA) is 117 Å². The van der Waals surface area contributed by atoms with E-state index < -0.39 is 0 Å². The molecule has 184 valence electrons. The van der Waals surface area contributed by atoms with Gasteiger partial charge in [-0.05, 0) is 68.6 Å². The molecule has 1 saturated carbocycles. The van der Waals surface area contributed by atoms with Crippen LogP contribution in [0.4, 0.5) is 17.4 Å². The summed E-state index contributed by atoms with van der Waals surface area (Å²) in [6.07, 6.45) is 8.16. The Morgan fingerprint density at radius 3 is 2.54 bits per heavy atom. The summed E-state index contributed by atoms with van der Waals surface area (Å²) in [7, 11) is 0. The van der Waals surface area contributed by atoms with E-state index in [1.54, 1.807) is 42.6 Å². The van der Waals surface area contributed by atoms with Crippen molar-refractivity contribution < 1.29 is 14.4 Å². The second-order valence-corrected chi connectivity index (χ2v) is 9.36. The van der Waals surface area contributed by atoms with Gasteiger partial charge in [-0.3, -0.25) is 10.1 Å². The van der Waals surface area contributed by atoms with Crippen LogP contribution in [0, 0.1) is 10.1 Å². The number of benzene rings is 2. The summed E-state index contributed by atoms with van der Waals surface area (Å²) < 4.78 is 6.02. The van der Waals surface area contributed by atoms with E-state index in [4.69, 9.17) is 4.42 Å². The lowest BCUT2D eigenvalue weighted by Gasteiger charge is -2.46. The van der Waals surface area contributed by atoms with Gasteiger partial charge in [-0.1, -0.05) is 12.8 Å². The normalized spacial score (nSPS) is 22.5. The van der Waals surface area contributed by atoms with Crippen molar-refractivity contribution in [1.82, 2.24) is 10.3 Å². The van der Waals surface area contributed by atoms with Gasteiger partial charge in [-0.15, -0.1) is 0 Å². The van der Waals surface area contributed by atoms with Crippen molar-refractivity contribution in [3.63, 3.8) is 0 Å². The van der Waals surface area contributed by atoms with Crippen molar-refractivity contribution in [3.8, 4) is 17.1 Å². The number of rotatable bonds is 7. The largest absolute Gasteiger partial charge is 0.508 e. The monoisotopic (exact) mass is 477 g/mol. The molecule has 1 aromatic heterocycles. The Kier molecular flexibility index (Phi) is 6.85. The third-order valence-corrected chi connectivity index (χ3v) is 7.08. The molecule has 0 spiro atoms. The number of nitro benzene ring substituents is 1. The number of phenols is 1. The second-order valence-electron chi connectivity index (χ2n) is 9.36. The summed E-state index contributed by atoms with van der Waals surface area (Å²) in [4.78, 5) is 17.8. The Morgan fingerprint density at radius 2 is 1.83 bits per heavy atom. The summed E-state index contributed by atoms with van der Waals surface area (Å²) in [5.41, 5.74) is 1.97. The molecule has 2 heterocycles. The average Bonchev–Trinajstić information content (AvgIpc) is 3.35. The summed E-state index contributed by atoms with van der Waals surface area (Å²) in [5, 5.41) is 27.8. The number of hydrogen-bond acceptors (Lipinski definition) is 8. The predicted octanol–water partition coefficient (Wildman–Crippen LogP) is 4.94. The van der Waals surface area contributed by atoms with Gasteiger partial charge in [-0.2, -0.15) is 0 Å². The molecule has 1 saturated heterocycles. The third kappa shape index (κ3) is 5.24. The minimum atomic E-state index is -0.352. The second kappa shape index (κ2) is 10.4. The van der Waals surface area contributed by atoms with Crippen LogP contribution in [-0.2, 0) is 0 Å². The van der Waals surface area contributed by atoms with E-state index in [9.17, 15) is 15.2 Å². The van der Waals surface area contributed by atoms with Crippen LogP contribution in [0.25, 0.3) is 11.3 Å². The SMILES string of the molecule is O=[N+]([O-])c1ccc(N([C@H]2CCCNC2)[C@@H]2CCCC[C@H]2Nc2ncc(-c3ccc(O)cc3)o2)cc1. The minimum Gasteiger partial charge on any atom is -0.508 e. The molecule has 3 aromatic rings. The van der Waals surface area contributed by atoms with Crippen LogP contribution in [0.3, 0.4) is 0 Å². The van der Waals surface area contributed by atoms with Gasteiger partial charge in [0.15, 0.2) is 5.76 Å². The molecule has 3 atom stereocenters. The highest BCUT2D eigenvalue weighted by atomic mass is 16.6. The van der Waals surface area contributed by atoms with Crippen molar-refractivity contribution >= 4 is 17.4 Å². The number of oxazole rings is 1. The van der Waals surface area contributed by atoms with Crippen molar-refractivity contribution in [2.45, 2.75) is 56.7 Å². The molecule has 2 fully saturated rings. The van der Waals surface area contributed by atoms with Crippen LogP contribution < -0.4 is 15.5 Å². The van der Waals surface area contributed by atoms with E-state index in [2.05, 4.69) is 20.5 Å². The summed E-state index contributed by atoms with van der Waals surface area (Å²) in [6, 6.07) is 15.0. The molecule has 35 heavy (non-hydrogen) atoms. The first-order valence-electron chi connectivity index (χ1n) is 12.3. The highest BCUT2D eigenvalue weighted by molar-refractivity contribution is 5.59. The van der Waals surface area contributed by atoms with Gasteiger partial charge >= 0.3 is 0 Å². The van der Waals surface area contributed by atoms with E-state index in [0.717, 1.165) is 62.9 Å². The average molecular weight is 478 g/mol. The molecule has 5 rings (SSSR count). The van der Waals surface area contributed by atoms with E-state index in [1.165, 1.54) is 0 Å². The van der Waals surface area contributed by atoms with Crippen molar-refractivity contribution in [2.24, 2.45) is 0 Å². The standard InChI is InChI=1S/C26H31N5O4/c32-22-13-7-18(8-14-22)25-17-28-26(35-25)29-23-5-1-2-6-24(23)30(21-4-3-15-27-16-21)19-9-11-20(12-10-19)31(33)34/h7-14,17,21,23-24,27,32H,1-6,15-16H2,(H,28,29)/t21-,23+,24+/m0/s1. The number of anilines is 2. The summed E-state index contributed by atoms with van der Waals surface area (Å²) in [6.45, 7) is 1.91. The Labute approximate surface area is 204 Å². The first-order valence-corrected chi connectivity index (χ1v) is 12.3. The molecular weight excluding hydrogens is 446 g/mol. The number of nitro groups is 1. The molecule has 1 aliphatic carbocycles. The number of nitrogens with one attached hydrogen (secondary N) is 2. The molecule has 0 bridgehead atoms. The maximum Gasteiger partial charge on any atom is 0.295 e. The number of piperidine rings is 1. The number of aromatic nitrogens is 1. The Hall–Kier alpha value is -3.59. The lowest BCUT2D eigenvalue weighted by molar-refractivity contribution is -0.384. The van der Waals surface area contributed by atoms with Gasteiger partial charge < -0.3 is 25.1 Å². The van der Waals surface area contributed by atoms with Gasteiger partial charge in [0.2, 0.25) is 0 Å². The molecule has 3 N–H and O–H groups in total. The van der Waals surface area contributed by atoms with Crippen LogP contribution in [0.1, 0.15) is 38.5 Å². The maximum absolute atomic E-state index is 11.2. The molecule has 0 amide bonds. The zero-order valence-electron chi connectivity index (χ0n) is 19.6. The Morgan fingerprint density at radius 1 is 1.06 bits per heavy atom. The van der Waals surface area contributed by atoms with E-state index in [-0.39, 0.29) is 28.4 Å². The van der Waals surface area contributed by atoms with Gasteiger partial charge in [0.05, 0.1) is 17.2 Å². The van der Waals surface area contributed by atoms with Gasteiger partial charge in [0, 0.05) is 42.0 Å². The number of non-ortho nitro benzene ring substituents is 1. The summed E-state index contributed by atoms with van der Waals surface area (Å²) in [5.74, 6) is 0.851. The Balaban J connectivity index is 1.40. The Bertz CT molecular complexity index is 1130. The molecule has 2 aliphatic rings. The molecule has 1 aliphatic heterocycles. The quantitative estimate of drug-likeness (QED) is 0.324. The molecule has 0 radical (unpaired) electrons. The van der Waals surface area contributed by atoms with Crippen molar-refractivity contribution in [1.29, 1.82) is 0 Å². The molecule has 0 unspecified atom stereocenters. The molecular formula is C26H31N5O4. The number of hydrogen-bond donors (Lipinski definition) is 3. The van der Waals surface area contributed by atoms with Crippen LogP contribution in [-0.4, -0.2) is 46.2 Å². The molecule has 9 heteroatoms. The van der Waals surface area contributed by atoms with Crippen molar-refractivity contribution in [3.05, 3.63) is 64.8 Å². The molecule has 2 aromatic carbocycles. The zero-order chi connectivity index (χ0) is 24.2. The van der Waals surface area contributed by atoms with E-state index >= 15 is 0 Å². The van der Waals surface area contributed by atoms with E-state index in [1.807, 2.05) is 12.1 Å². The predicted molar refractivity (Wildman–Crippen MR) is 135 cm³/mol. The zero-order valence-corrected chi connectivity index (χ0v) is 19.6. The highest BCUT2D eigenvalue weighted by Crippen LogP contribution is 2.34. The highest BCUT2D eigenvalue weighted by Gasteiger charge is 2.35. The van der Waals surface area contributed by atoms with Crippen molar-refractivity contribution in [2.75, 3.05) is 23.3 Å². The first-order chi connectivity index (χ1) is 17.1. The van der Waals surface area contributed by atoms with Gasteiger partial charge in [0.25, 0.3) is 11.7 Å². The van der Waals surface area contributed by atoms with Gasteiger partial charge in [-0.25, -0.2) is 4.98 Å². The molecule has 9 nitrogen and oxygen atoms in total.